The van der Waals surface area contributed by atoms with Gasteiger partial charge in [0, 0.05) is 20.3 Å². The molecule has 11 heavy (non-hydrogen) atoms. The van der Waals surface area contributed by atoms with Crippen LogP contribution in [0.25, 0.3) is 0 Å². The van der Waals surface area contributed by atoms with Crippen molar-refractivity contribution in [3.63, 3.8) is 0 Å². The molecule has 0 fully saturated rings. The fourth-order valence-electron chi connectivity index (χ4n) is 0.605. The Kier molecular flexibility index (Phi) is 3.60. The first kappa shape index (κ1) is 9.97. The topological polar surface area (TPSA) is 46.9 Å². The molecule has 5 heteroatoms. The molecule has 0 aliphatic heterocycles. The van der Waals surface area contributed by atoms with Crippen LogP contribution in [0.2, 0.25) is 0 Å². The predicted octanol–water partition coefficient (Wildman–Crippen LogP) is 0.244. The van der Waals surface area contributed by atoms with Gasteiger partial charge in [-0.15, -0.1) is 12.4 Å². The largest absolute Gasteiger partial charge is 0.373 e. The number of halogens is 1. The lowest BCUT2D eigenvalue weighted by Crippen LogP contribution is -2.19. The standard InChI is InChI=1S/C6H9N3O.ClH/c1-7-5-3-4-9(2)6(10)8-5;/h3-4H,1-2H3,(H,7,8,10);1H. The summed E-state index contributed by atoms with van der Waals surface area (Å²) >= 11 is 0. The van der Waals surface area contributed by atoms with Crippen molar-refractivity contribution in [2.24, 2.45) is 7.05 Å². The van der Waals surface area contributed by atoms with E-state index in [0.29, 0.717) is 5.82 Å². The van der Waals surface area contributed by atoms with Crippen molar-refractivity contribution in [2.75, 3.05) is 12.4 Å². The van der Waals surface area contributed by atoms with Crippen LogP contribution in [-0.4, -0.2) is 16.6 Å². The van der Waals surface area contributed by atoms with Crippen molar-refractivity contribution in [3.8, 4) is 0 Å². The molecule has 1 heterocycles. The molecular formula is C6H10ClN3O. The van der Waals surface area contributed by atoms with Crippen molar-refractivity contribution in [3.05, 3.63) is 22.7 Å². The number of aromatic nitrogens is 2. The van der Waals surface area contributed by atoms with Gasteiger partial charge in [0.25, 0.3) is 0 Å². The van der Waals surface area contributed by atoms with Crippen LogP contribution in [0.4, 0.5) is 5.82 Å². The second-order valence-corrected chi connectivity index (χ2v) is 1.96. The smallest absolute Gasteiger partial charge is 0.349 e. The minimum Gasteiger partial charge on any atom is -0.373 e. The van der Waals surface area contributed by atoms with E-state index in [1.807, 2.05) is 0 Å². The SMILES string of the molecule is CNc1ccn(C)c(=O)n1.Cl. The lowest BCUT2D eigenvalue weighted by molar-refractivity contribution is 0.812. The number of hydrogen-bond donors (Lipinski definition) is 1. The van der Waals surface area contributed by atoms with Gasteiger partial charge in [-0.3, -0.25) is 0 Å². The molecule has 0 saturated heterocycles. The lowest BCUT2D eigenvalue weighted by Gasteiger charge is -1.97. The number of nitrogens with zero attached hydrogens (tertiary/aromatic N) is 2. The Morgan fingerprint density at radius 3 is 2.73 bits per heavy atom. The van der Waals surface area contributed by atoms with Crippen molar-refractivity contribution >= 4 is 18.2 Å². The Balaban J connectivity index is 0.000001000. The van der Waals surface area contributed by atoms with Gasteiger partial charge in [-0.2, -0.15) is 4.98 Å². The minimum absolute atomic E-state index is 0. The maximum absolute atomic E-state index is 10.8. The third-order valence-electron chi connectivity index (χ3n) is 1.23. The summed E-state index contributed by atoms with van der Waals surface area (Å²) in [5, 5.41) is 2.77. The van der Waals surface area contributed by atoms with Crippen molar-refractivity contribution in [1.82, 2.24) is 9.55 Å². The Hall–Kier alpha value is -1.03. The van der Waals surface area contributed by atoms with Gasteiger partial charge in [-0.25, -0.2) is 4.79 Å². The molecule has 0 aliphatic rings. The predicted molar refractivity (Wildman–Crippen MR) is 46.3 cm³/mol. The molecular weight excluding hydrogens is 166 g/mol. The van der Waals surface area contributed by atoms with Crippen LogP contribution in [0.1, 0.15) is 0 Å². The Morgan fingerprint density at radius 2 is 2.27 bits per heavy atom. The van der Waals surface area contributed by atoms with E-state index in [1.165, 1.54) is 4.57 Å². The first-order valence-corrected chi connectivity index (χ1v) is 2.95. The molecule has 0 saturated carbocycles. The van der Waals surface area contributed by atoms with E-state index >= 15 is 0 Å². The summed E-state index contributed by atoms with van der Waals surface area (Å²) in [6.45, 7) is 0. The van der Waals surface area contributed by atoms with Crippen LogP contribution < -0.4 is 11.0 Å². The highest BCUT2D eigenvalue weighted by atomic mass is 35.5. The number of hydrogen-bond acceptors (Lipinski definition) is 3. The maximum atomic E-state index is 10.8. The van der Waals surface area contributed by atoms with Gasteiger partial charge < -0.3 is 9.88 Å². The summed E-state index contributed by atoms with van der Waals surface area (Å²) in [6, 6.07) is 1.74. The molecule has 0 aliphatic carbocycles. The molecule has 0 bridgehead atoms. The quantitative estimate of drug-likeness (QED) is 0.666. The summed E-state index contributed by atoms with van der Waals surface area (Å²) in [4.78, 5) is 14.5. The summed E-state index contributed by atoms with van der Waals surface area (Å²) in [5.74, 6) is 0.600. The number of anilines is 1. The molecule has 0 radical (unpaired) electrons. The Bertz CT molecular complexity index is 283. The minimum atomic E-state index is -0.244. The monoisotopic (exact) mass is 175 g/mol. The highest BCUT2D eigenvalue weighted by Gasteiger charge is 1.91. The van der Waals surface area contributed by atoms with Gasteiger partial charge in [0.2, 0.25) is 0 Å². The van der Waals surface area contributed by atoms with Crippen LogP contribution in [-0.2, 0) is 7.05 Å². The molecule has 62 valence electrons. The first-order valence-electron chi connectivity index (χ1n) is 2.95. The molecule has 4 nitrogen and oxygen atoms in total. The van der Waals surface area contributed by atoms with Crippen LogP contribution >= 0.6 is 12.4 Å². The van der Waals surface area contributed by atoms with Crippen LogP contribution in [0.5, 0.6) is 0 Å². The van der Waals surface area contributed by atoms with Crippen LogP contribution in [0.15, 0.2) is 17.1 Å². The van der Waals surface area contributed by atoms with Gasteiger partial charge in [0.1, 0.15) is 5.82 Å². The maximum Gasteiger partial charge on any atom is 0.349 e. The summed E-state index contributed by atoms with van der Waals surface area (Å²) in [5.41, 5.74) is -0.244. The van der Waals surface area contributed by atoms with Crippen molar-refractivity contribution < 1.29 is 0 Å². The van der Waals surface area contributed by atoms with Crippen molar-refractivity contribution in [2.45, 2.75) is 0 Å². The molecule has 1 N–H and O–H groups in total. The van der Waals surface area contributed by atoms with E-state index < -0.39 is 0 Å². The zero-order valence-corrected chi connectivity index (χ0v) is 7.18. The Morgan fingerprint density at radius 1 is 1.64 bits per heavy atom. The zero-order valence-electron chi connectivity index (χ0n) is 6.37. The number of rotatable bonds is 1. The van der Waals surface area contributed by atoms with E-state index in [1.54, 1.807) is 26.4 Å². The first-order chi connectivity index (χ1) is 4.74. The number of aryl methyl sites for hydroxylation is 1. The van der Waals surface area contributed by atoms with Gasteiger partial charge in [0.05, 0.1) is 0 Å². The summed E-state index contributed by atoms with van der Waals surface area (Å²) < 4.78 is 1.42. The molecule has 0 spiro atoms. The molecule has 1 aromatic heterocycles. The lowest BCUT2D eigenvalue weighted by atomic mass is 10.6. The average molecular weight is 176 g/mol. The average Bonchev–Trinajstić information content (AvgIpc) is 1.95. The fourth-order valence-corrected chi connectivity index (χ4v) is 0.605. The van der Waals surface area contributed by atoms with Gasteiger partial charge in [0.15, 0.2) is 0 Å². The third kappa shape index (κ3) is 2.23. The summed E-state index contributed by atoms with van der Waals surface area (Å²) in [7, 11) is 3.39. The second kappa shape index (κ2) is 3.98. The van der Waals surface area contributed by atoms with E-state index in [2.05, 4.69) is 10.3 Å². The second-order valence-electron chi connectivity index (χ2n) is 1.96. The van der Waals surface area contributed by atoms with Crippen LogP contribution in [0.3, 0.4) is 0 Å². The normalized spacial score (nSPS) is 8.55. The van der Waals surface area contributed by atoms with Gasteiger partial charge in [-0.05, 0) is 6.07 Å². The van der Waals surface area contributed by atoms with Crippen molar-refractivity contribution in [1.29, 1.82) is 0 Å². The zero-order chi connectivity index (χ0) is 7.56. The molecule has 1 aromatic rings. The fraction of sp³-hybridized carbons (Fsp3) is 0.333. The van der Waals surface area contributed by atoms with E-state index in [4.69, 9.17) is 0 Å². The van der Waals surface area contributed by atoms with E-state index in [9.17, 15) is 4.79 Å². The van der Waals surface area contributed by atoms with Gasteiger partial charge >= 0.3 is 5.69 Å². The van der Waals surface area contributed by atoms with E-state index in [0.717, 1.165) is 0 Å². The van der Waals surface area contributed by atoms with E-state index in [-0.39, 0.29) is 18.1 Å². The third-order valence-corrected chi connectivity index (χ3v) is 1.23. The highest BCUT2D eigenvalue weighted by molar-refractivity contribution is 5.85. The number of nitrogens with one attached hydrogen (secondary N) is 1. The molecule has 0 unspecified atom stereocenters. The molecule has 0 amide bonds. The van der Waals surface area contributed by atoms with Crippen LogP contribution in [0, 0.1) is 0 Å². The van der Waals surface area contributed by atoms with Gasteiger partial charge in [-0.1, -0.05) is 0 Å². The molecule has 0 aromatic carbocycles. The summed E-state index contributed by atoms with van der Waals surface area (Å²) in [6.07, 6.45) is 1.67. The highest BCUT2D eigenvalue weighted by Crippen LogP contribution is 1.92. The Labute approximate surface area is 70.7 Å². The molecule has 0 atom stereocenters. The molecule has 1 rings (SSSR count).